The predicted molar refractivity (Wildman–Crippen MR) is 86.3 cm³/mol. The SMILES string of the molecule is C[C@@H](OC(=O)c1cccc([N+](=O)[O-])c1)C(=O)NCc1ccccc1. The second-order valence-corrected chi connectivity index (χ2v) is 5.06. The first kappa shape index (κ1) is 17.1. The Morgan fingerprint density at radius 3 is 2.54 bits per heavy atom. The molecule has 2 rings (SSSR count). The number of nitrogens with zero attached hydrogens (tertiary/aromatic N) is 1. The highest BCUT2D eigenvalue weighted by Crippen LogP contribution is 2.14. The minimum atomic E-state index is -1.01. The van der Waals surface area contributed by atoms with Crippen LogP contribution < -0.4 is 5.32 Å². The summed E-state index contributed by atoms with van der Waals surface area (Å²) in [5.74, 6) is -1.24. The maximum absolute atomic E-state index is 12.0. The van der Waals surface area contributed by atoms with Gasteiger partial charge in [-0.05, 0) is 18.6 Å². The maximum Gasteiger partial charge on any atom is 0.339 e. The summed E-state index contributed by atoms with van der Waals surface area (Å²) in [7, 11) is 0. The van der Waals surface area contributed by atoms with E-state index in [0.29, 0.717) is 6.54 Å². The first-order valence-corrected chi connectivity index (χ1v) is 7.24. The zero-order valence-electron chi connectivity index (χ0n) is 13.0. The molecular formula is C17H16N2O5. The molecule has 7 heteroatoms. The van der Waals surface area contributed by atoms with Gasteiger partial charge in [0, 0.05) is 18.7 Å². The van der Waals surface area contributed by atoms with Crippen LogP contribution in [0.5, 0.6) is 0 Å². The number of hydrogen-bond acceptors (Lipinski definition) is 5. The molecule has 2 aromatic carbocycles. The van der Waals surface area contributed by atoms with Crippen LogP contribution in [0.15, 0.2) is 54.6 Å². The van der Waals surface area contributed by atoms with E-state index in [4.69, 9.17) is 4.74 Å². The van der Waals surface area contributed by atoms with Gasteiger partial charge < -0.3 is 10.1 Å². The van der Waals surface area contributed by atoms with Crippen LogP contribution in [0.2, 0.25) is 0 Å². The van der Waals surface area contributed by atoms with Crippen molar-refractivity contribution < 1.29 is 19.2 Å². The first-order chi connectivity index (χ1) is 11.5. The van der Waals surface area contributed by atoms with Crippen molar-refractivity contribution in [3.05, 3.63) is 75.8 Å². The molecule has 0 saturated heterocycles. The molecule has 1 N–H and O–H groups in total. The lowest BCUT2D eigenvalue weighted by Gasteiger charge is -2.13. The zero-order chi connectivity index (χ0) is 17.5. The first-order valence-electron chi connectivity index (χ1n) is 7.24. The minimum Gasteiger partial charge on any atom is -0.449 e. The molecular weight excluding hydrogens is 312 g/mol. The van der Waals surface area contributed by atoms with Crippen molar-refractivity contribution in [1.29, 1.82) is 0 Å². The van der Waals surface area contributed by atoms with E-state index in [-0.39, 0.29) is 11.3 Å². The van der Waals surface area contributed by atoms with Gasteiger partial charge in [-0.2, -0.15) is 0 Å². The van der Waals surface area contributed by atoms with Gasteiger partial charge in [0.1, 0.15) is 0 Å². The fraction of sp³-hybridized carbons (Fsp3) is 0.176. The van der Waals surface area contributed by atoms with Crippen molar-refractivity contribution in [1.82, 2.24) is 5.32 Å². The Balaban J connectivity index is 1.92. The predicted octanol–water partition coefficient (Wildman–Crippen LogP) is 2.46. The minimum absolute atomic E-state index is 0.0203. The van der Waals surface area contributed by atoms with Crippen LogP contribution in [-0.2, 0) is 16.1 Å². The molecule has 1 amide bonds. The summed E-state index contributed by atoms with van der Waals surface area (Å²) in [6, 6.07) is 14.5. The fourth-order valence-corrected chi connectivity index (χ4v) is 1.96. The van der Waals surface area contributed by atoms with Crippen molar-refractivity contribution in [2.75, 3.05) is 0 Å². The van der Waals surface area contributed by atoms with Crippen molar-refractivity contribution in [2.24, 2.45) is 0 Å². The number of nitrogens with one attached hydrogen (secondary N) is 1. The van der Waals surface area contributed by atoms with E-state index in [1.54, 1.807) is 0 Å². The number of nitro benzene ring substituents is 1. The quantitative estimate of drug-likeness (QED) is 0.499. The third-order valence-electron chi connectivity index (χ3n) is 3.26. The molecule has 0 aromatic heterocycles. The summed E-state index contributed by atoms with van der Waals surface area (Å²) in [4.78, 5) is 34.1. The lowest BCUT2D eigenvalue weighted by Crippen LogP contribution is -2.35. The Hall–Kier alpha value is -3.22. The highest BCUT2D eigenvalue weighted by atomic mass is 16.6. The molecule has 0 spiro atoms. The lowest BCUT2D eigenvalue weighted by atomic mass is 10.2. The molecule has 0 unspecified atom stereocenters. The highest BCUT2D eigenvalue weighted by molar-refractivity contribution is 5.92. The molecule has 0 fully saturated rings. The number of ether oxygens (including phenoxy) is 1. The van der Waals surface area contributed by atoms with Gasteiger partial charge in [-0.1, -0.05) is 36.4 Å². The summed E-state index contributed by atoms with van der Waals surface area (Å²) >= 11 is 0. The molecule has 1 atom stereocenters. The molecule has 0 heterocycles. The summed E-state index contributed by atoms with van der Waals surface area (Å²) in [5, 5.41) is 13.4. The maximum atomic E-state index is 12.0. The molecule has 0 radical (unpaired) electrons. The van der Waals surface area contributed by atoms with Crippen LogP contribution in [0.3, 0.4) is 0 Å². The number of benzene rings is 2. The number of esters is 1. The second kappa shape index (κ2) is 7.87. The molecule has 0 saturated carbocycles. The van der Waals surface area contributed by atoms with Crippen LogP contribution in [0.1, 0.15) is 22.8 Å². The molecule has 124 valence electrons. The summed E-state index contributed by atoms with van der Waals surface area (Å²) in [5.41, 5.74) is 0.723. The molecule has 0 bridgehead atoms. The van der Waals surface area contributed by atoms with E-state index in [1.807, 2.05) is 30.3 Å². The third kappa shape index (κ3) is 4.64. The van der Waals surface area contributed by atoms with E-state index >= 15 is 0 Å². The molecule has 7 nitrogen and oxygen atoms in total. The lowest BCUT2D eigenvalue weighted by molar-refractivity contribution is -0.384. The van der Waals surface area contributed by atoms with E-state index in [1.165, 1.54) is 25.1 Å². The van der Waals surface area contributed by atoms with Crippen LogP contribution >= 0.6 is 0 Å². The van der Waals surface area contributed by atoms with Gasteiger partial charge in [0.2, 0.25) is 0 Å². The Labute approximate surface area is 138 Å². The van der Waals surface area contributed by atoms with E-state index in [2.05, 4.69) is 5.32 Å². The van der Waals surface area contributed by atoms with E-state index in [0.717, 1.165) is 11.6 Å². The number of rotatable bonds is 6. The van der Waals surface area contributed by atoms with Crippen molar-refractivity contribution >= 4 is 17.6 Å². The zero-order valence-corrected chi connectivity index (χ0v) is 13.0. The number of amides is 1. The normalized spacial score (nSPS) is 11.4. The number of hydrogen-bond donors (Lipinski definition) is 1. The largest absolute Gasteiger partial charge is 0.449 e. The molecule has 24 heavy (non-hydrogen) atoms. The number of nitro groups is 1. The molecule has 2 aromatic rings. The van der Waals surface area contributed by atoms with E-state index < -0.39 is 22.9 Å². The van der Waals surface area contributed by atoms with Gasteiger partial charge in [-0.25, -0.2) is 4.79 Å². The molecule has 0 aliphatic rings. The molecule has 0 aliphatic carbocycles. The fourth-order valence-electron chi connectivity index (χ4n) is 1.96. The van der Waals surface area contributed by atoms with Gasteiger partial charge >= 0.3 is 5.97 Å². The standard InChI is InChI=1S/C17H16N2O5/c1-12(16(20)18-11-13-6-3-2-4-7-13)24-17(21)14-8-5-9-15(10-14)19(22)23/h2-10,12H,11H2,1H3,(H,18,20)/t12-/m1/s1. The van der Waals surface area contributed by atoms with Gasteiger partial charge in [-0.15, -0.1) is 0 Å². The number of carbonyl (C=O) groups excluding carboxylic acids is 2. The van der Waals surface area contributed by atoms with Crippen LogP contribution in [0, 0.1) is 10.1 Å². The Morgan fingerprint density at radius 2 is 1.88 bits per heavy atom. The smallest absolute Gasteiger partial charge is 0.339 e. The van der Waals surface area contributed by atoms with Crippen molar-refractivity contribution in [3.63, 3.8) is 0 Å². The molecule has 0 aliphatic heterocycles. The topological polar surface area (TPSA) is 98.5 Å². The third-order valence-corrected chi connectivity index (χ3v) is 3.26. The number of carbonyl (C=O) groups is 2. The summed E-state index contributed by atoms with van der Waals surface area (Å²) in [6.07, 6.45) is -1.01. The monoisotopic (exact) mass is 328 g/mol. The van der Waals surface area contributed by atoms with Gasteiger partial charge in [0.25, 0.3) is 11.6 Å². The summed E-state index contributed by atoms with van der Waals surface area (Å²) in [6.45, 7) is 1.76. The van der Waals surface area contributed by atoms with Gasteiger partial charge in [0.15, 0.2) is 6.10 Å². The Kier molecular flexibility index (Phi) is 5.62. The Morgan fingerprint density at radius 1 is 1.17 bits per heavy atom. The van der Waals surface area contributed by atoms with Crippen molar-refractivity contribution in [3.8, 4) is 0 Å². The van der Waals surface area contributed by atoms with Gasteiger partial charge in [-0.3, -0.25) is 14.9 Å². The van der Waals surface area contributed by atoms with Crippen LogP contribution in [0.25, 0.3) is 0 Å². The van der Waals surface area contributed by atoms with Gasteiger partial charge in [0.05, 0.1) is 10.5 Å². The van der Waals surface area contributed by atoms with Crippen LogP contribution in [0.4, 0.5) is 5.69 Å². The van der Waals surface area contributed by atoms with Crippen molar-refractivity contribution in [2.45, 2.75) is 19.6 Å². The van der Waals surface area contributed by atoms with Crippen LogP contribution in [-0.4, -0.2) is 22.9 Å². The summed E-state index contributed by atoms with van der Waals surface area (Å²) < 4.78 is 5.05. The number of non-ortho nitro benzene ring substituents is 1. The second-order valence-electron chi connectivity index (χ2n) is 5.06. The highest BCUT2D eigenvalue weighted by Gasteiger charge is 2.20. The Bertz CT molecular complexity index is 746. The average molecular weight is 328 g/mol. The average Bonchev–Trinajstić information content (AvgIpc) is 2.60. The van der Waals surface area contributed by atoms with E-state index in [9.17, 15) is 19.7 Å².